The number of aromatic amines is 1. The molecule has 2 N–H and O–H groups in total. The van der Waals surface area contributed by atoms with Crippen molar-refractivity contribution in [3.63, 3.8) is 0 Å². The molecule has 3 rings (SSSR count). The maximum Gasteiger partial charge on any atom is 0.288 e. The molecule has 6 heteroatoms. The lowest BCUT2D eigenvalue weighted by Crippen LogP contribution is -2.18. The predicted molar refractivity (Wildman–Crippen MR) is 94.3 cm³/mol. The first-order chi connectivity index (χ1) is 11.6. The quantitative estimate of drug-likeness (QED) is 0.564. The average molecular weight is 337 g/mol. The molecule has 0 aliphatic heterocycles. The van der Waals surface area contributed by atoms with Crippen molar-refractivity contribution in [2.45, 2.75) is 6.92 Å². The summed E-state index contributed by atoms with van der Waals surface area (Å²) in [6.45, 7) is 1.87. The zero-order chi connectivity index (χ0) is 17.1. The molecule has 0 atom stereocenters. The van der Waals surface area contributed by atoms with Crippen LogP contribution in [0.25, 0.3) is 10.9 Å². The fourth-order valence-electron chi connectivity index (χ4n) is 2.40. The van der Waals surface area contributed by atoms with Gasteiger partial charge in [-0.1, -0.05) is 29.8 Å². The minimum absolute atomic E-state index is 0.329. The average Bonchev–Trinajstić information content (AvgIpc) is 2.91. The Morgan fingerprint density at radius 3 is 2.75 bits per heavy atom. The normalized spacial score (nSPS) is 10.9. The van der Waals surface area contributed by atoms with E-state index in [2.05, 4.69) is 15.5 Å². The molecule has 3 aromatic rings. The maximum atomic E-state index is 12.3. The van der Waals surface area contributed by atoms with E-state index < -0.39 is 0 Å². The van der Waals surface area contributed by atoms with Crippen LogP contribution in [0.3, 0.4) is 0 Å². The highest BCUT2D eigenvalue weighted by Crippen LogP contribution is 2.24. The molecule has 2 aromatic carbocycles. The molecule has 0 radical (unpaired) electrons. The summed E-state index contributed by atoms with van der Waals surface area (Å²) >= 11 is 5.97. The van der Waals surface area contributed by atoms with Crippen LogP contribution in [0, 0.1) is 18.3 Å². The molecule has 24 heavy (non-hydrogen) atoms. The molecule has 0 unspecified atom stereocenters. The van der Waals surface area contributed by atoms with Gasteiger partial charge in [-0.15, -0.1) is 0 Å². The number of nitriles is 1. The number of aromatic nitrogens is 1. The van der Waals surface area contributed by atoms with Gasteiger partial charge in [0.05, 0.1) is 17.8 Å². The number of nitrogens with zero attached hydrogens (tertiary/aromatic N) is 2. The Kier molecular flexibility index (Phi) is 4.32. The predicted octanol–water partition coefficient (Wildman–Crippen LogP) is 3.77. The van der Waals surface area contributed by atoms with Gasteiger partial charge in [-0.3, -0.25) is 4.79 Å². The third-order valence-electron chi connectivity index (χ3n) is 3.67. The molecule has 118 valence electrons. The number of benzene rings is 2. The summed E-state index contributed by atoms with van der Waals surface area (Å²) in [4.78, 5) is 15.3. The van der Waals surface area contributed by atoms with Crippen molar-refractivity contribution >= 4 is 34.6 Å². The number of hydrogen-bond acceptors (Lipinski definition) is 3. The van der Waals surface area contributed by atoms with Crippen LogP contribution in [-0.4, -0.2) is 17.1 Å². The summed E-state index contributed by atoms with van der Waals surface area (Å²) in [5.74, 6) is -0.329. The SMILES string of the molecule is Cc1c(C(=O)N/N=C\c2ccc(C#N)cc2)[nH]c2cc(Cl)ccc12. The number of amides is 1. The lowest BCUT2D eigenvalue weighted by Gasteiger charge is -1.99. The lowest BCUT2D eigenvalue weighted by atomic mass is 10.1. The van der Waals surface area contributed by atoms with E-state index in [9.17, 15) is 4.79 Å². The first-order valence-corrected chi connectivity index (χ1v) is 7.57. The largest absolute Gasteiger partial charge is 0.350 e. The first kappa shape index (κ1) is 15.8. The van der Waals surface area contributed by atoms with Crippen LogP contribution in [-0.2, 0) is 0 Å². The molecule has 0 aliphatic carbocycles. The zero-order valence-corrected chi connectivity index (χ0v) is 13.6. The van der Waals surface area contributed by atoms with E-state index in [1.54, 1.807) is 36.4 Å². The molecule has 0 aliphatic rings. The van der Waals surface area contributed by atoms with Crippen LogP contribution in [0.5, 0.6) is 0 Å². The van der Waals surface area contributed by atoms with E-state index in [1.165, 1.54) is 6.21 Å². The molecule has 0 spiro atoms. The number of aryl methyl sites for hydroxylation is 1. The second-order valence-corrected chi connectivity index (χ2v) is 5.68. The minimum atomic E-state index is -0.329. The number of carbonyl (C=O) groups is 1. The van der Waals surface area contributed by atoms with Crippen molar-refractivity contribution in [3.05, 3.63) is 69.9 Å². The van der Waals surface area contributed by atoms with Crippen LogP contribution in [0.15, 0.2) is 47.6 Å². The molecule has 1 heterocycles. The van der Waals surface area contributed by atoms with Gasteiger partial charge < -0.3 is 4.98 Å². The molecule has 5 nitrogen and oxygen atoms in total. The van der Waals surface area contributed by atoms with Gasteiger partial charge in [-0.2, -0.15) is 10.4 Å². The summed E-state index contributed by atoms with van der Waals surface area (Å²) in [6, 6.07) is 14.4. The Morgan fingerprint density at radius 2 is 2.04 bits per heavy atom. The number of hydrazone groups is 1. The smallest absolute Gasteiger partial charge is 0.288 e. The van der Waals surface area contributed by atoms with Crippen LogP contribution in [0.1, 0.15) is 27.2 Å². The topological polar surface area (TPSA) is 81.0 Å². The van der Waals surface area contributed by atoms with Crippen molar-refractivity contribution < 1.29 is 4.79 Å². The number of carbonyl (C=O) groups excluding carboxylic acids is 1. The van der Waals surface area contributed by atoms with Gasteiger partial charge in [0.2, 0.25) is 0 Å². The van der Waals surface area contributed by atoms with E-state index in [4.69, 9.17) is 16.9 Å². The van der Waals surface area contributed by atoms with Crippen LogP contribution in [0.4, 0.5) is 0 Å². The van der Waals surface area contributed by atoms with E-state index in [0.29, 0.717) is 16.3 Å². The Balaban J connectivity index is 1.76. The summed E-state index contributed by atoms with van der Waals surface area (Å²) in [7, 11) is 0. The van der Waals surface area contributed by atoms with Gasteiger partial charge in [0.25, 0.3) is 5.91 Å². The Labute approximate surface area is 143 Å². The van der Waals surface area contributed by atoms with E-state index in [0.717, 1.165) is 22.0 Å². The Morgan fingerprint density at radius 1 is 1.29 bits per heavy atom. The third-order valence-corrected chi connectivity index (χ3v) is 3.90. The summed E-state index contributed by atoms with van der Waals surface area (Å²) in [5.41, 5.74) is 5.95. The number of H-pyrrole nitrogens is 1. The fraction of sp³-hybridized carbons (Fsp3) is 0.0556. The highest BCUT2D eigenvalue weighted by atomic mass is 35.5. The van der Waals surface area contributed by atoms with Crippen molar-refractivity contribution in [3.8, 4) is 6.07 Å². The van der Waals surface area contributed by atoms with Gasteiger partial charge in [0.1, 0.15) is 5.69 Å². The molecule has 1 aromatic heterocycles. The summed E-state index contributed by atoms with van der Waals surface area (Å²) in [6.07, 6.45) is 1.52. The van der Waals surface area contributed by atoms with Gasteiger partial charge in [0, 0.05) is 15.9 Å². The molecule has 0 saturated carbocycles. The summed E-state index contributed by atoms with van der Waals surface area (Å²) < 4.78 is 0. The van der Waals surface area contributed by atoms with Crippen molar-refractivity contribution in [1.29, 1.82) is 5.26 Å². The monoisotopic (exact) mass is 336 g/mol. The van der Waals surface area contributed by atoms with Gasteiger partial charge >= 0.3 is 0 Å². The van der Waals surface area contributed by atoms with Crippen LogP contribution < -0.4 is 5.43 Å². The number of halogens is 1. The Bertz CT molecular complexity index is 981. The van der Waals surface area contributed by atoms with Crippen molar-refractivity contribution in [1.82, 2.24) is 10.4 Å². The van der Waals surface area contributed by atoms with Gasteiger partial charge in [-0.25, -0.2) is 5.43 Å². The van der Waals surface area contributed by atoms with E-state index >= 15 is 0 Å². The maximum absolute atomic E-state index is 12.3. The fourth-order valence-corrected chi connectivity index (χ4v) is 2.57. The molecule has 0 saturated heterocycles. The second kappa shape index (κ2) is 6.57. The Hall–Kier alpha value is -3.10. The molecule has 1 amide bonds. The number of rotatable bonds is 3. The van der Waals surface area contributed by atoms with Crippen molar-refractivity contribution in [2.75, 3.05) is 0 Å². The van der Waals surface area contributed by atoms with Gasteiger partial charge in [-0.05, 0) is 42.3 Å². The van der Waals surface area contributed by atoms with Crippen LogP contribution >= 0.6 is 11.6 Å². The highest BCUT2D eigenvalue weighted by Gasteiger charge is 2.14. The number of hydrogen-bond donors (Lipinski definition) is 2. The highest BCUT2D eigenvalue weighted by molar-refractivity contribution is 6.31. The number of nitrogens with one attached hydrogen (secondary N) is 2. The molecule has 0 bridgehead atoms. The zero-order valence-electron chi connectivity index (χ0n) is 12.8. The van der Waals surface area contributed by atoms with Crippen LogP contribution in [0.2, 0.25) is 5.02 Å². The molecule has 0 fully saturated rings. The first-order valence-electron chi connectivity index (χ1n) is 7.20. The molecular weight excluding hydrogens is 324 g/mol. The number of fused-ring (bicyclic) bond motifs is 1. The minimum Gasteiger partial charge on any atom is -0.350 e. The third kappa shape index (κ3) is 3.14. The second-order valence-electron chi connectivity index (χ2n) is 5.25. The van der Waals surface area contributed by atoms with Gasteiger partial charge in [0.15, 0.2) is 0 Å². The standard InChI is InChI=1S/C18H13ClN4O/c1-11-15-7-6-14(19)8-16(15)22-17(11)18(24)23-21-10-13-4-2-12(9-20)3-5-13/h2-8,10,22H,1H3,(H,23,24)/b21-10-. The van der Waals surface area contributed by atoms with Crippen molar-refractivity contribution in [2.24, 2.45) is 5.10 Å². The lowest BCUT2D eigenvalue weighted by molar-refractivity contribution is 0.0950. The van der Waals surface area contributed by atoms with E-state index in [-0.39, 0.29) is 5.91 Å². The van der Waals surface area contributed by atoms with E-state index in [1.807, 2.05) is 19.1 Å². The summed E-state index contributed by atoms with van der Waals surface area (Å²) in [5, 5.41) is 14.3. The molecular formula is C18H13ClN4O.